The fourth-order valence-corrected chi connectivity index (χ4v) is 5.76. The Balaban J connectivity index is 0.989. The van der Waals surface area contributed by atoms with Gasteiger partial charge >= 0.3 is 0 Å². The Morgan fingerprint density at radius 3 is 2.58 bits per heavy atom. The van der Waals surface area contributed by atoms with Crippen molar-refractivity contribution in [3.8, 4) is 28.0 Å². The molecule has 2 aromatic heterocycles. The summed E-state index contributed by atoms with van der Waals surface area (Å²) in [5.41, 5.74) is 11.8. The number of ether oxygens (including phenoxy) is 1. The number of nitrogens with one attached hydrogen (secondary N) is 2. The van der Waals surface area contributed by atoms with Crippen molar-refractivity contribution in [2.24, 2.45) is 7.05 Å². The summed E-state index contributed by atoms with van der Waals surface area (Å²) in [4.78, 5) is 22.2. The number of likely N-dealkylation sites (N-methyl/N-ethyl adjacent to an activating group) is 1. The Hall–Kier alpha value is -4.25. The van der Waals surface area contributed by atoms with E-state index in [1.165, 1.54) is 16.7 Å². The molecule has 2 aromatic carbocycles. The van der Waals surface area contributed by atoms with Gasteiger partial charge in [-0.3, -0.25) is 14.4 Å². The number of hydrogen-bond acceptors (Lipinski definition) is 8. The molecule has 10 heteroatoms. The number of benzene rings is 2. The van der Waals surface area contributed by atoms with Crippen LogP contribution in [0.3, 0.4) is 0 Å². The van der Waals surface area contributed by atoms with E-state index in [-0.39, 0.29) is 23.8 Å². The van der Waals surface area contributed by atoms with E-state index in [1.807, 2.05) is 25.4 Å². The first-order chi connectivity index (χ1) is 20.9. The van der Waals surface area contributed by atoms with Crippen molar-refractivity contribution in [1.82, 2.24) is 35.2 Å². The molecule has 6 rings (SSSR count). The van der Waals surface area contributed by atoms with Crippen molar-refractivity contribution in [3.05, 3.63) is 84.3 Å². The van der Waals surface area contributed by atoms with E-state index >= 15 is 0 Å². The lowest BCUT2D eigenvalue weighted by Crippen LogP contribution is -2.43. The van der Waals surface area contributed by atoms with E-state index in [1.54, 1.807) is 23.1 Å². The lowest BCUT2D eigenvalue weighted by Gasteiger charge is -2.32. The highest BCUT2D eigenvalue weighted by molar-refractivity contribution is 5.99. The summed E-state index contributed by atoms with van der Waals surface area (Å²) in [5.74, 6) is 0.811. The van der Waals surface area contributed by atoms with E-state index in [2.05, 4.69) is 74.0 Å². The van der Waals surface area contributed by atoms with Crippen LogP contribution in [0.15, 0.2) is 73.2 Å². The van der Waals surface area contributed by atoms with Gasteiger partial charge in [-0.05, 0) is 54.4 Å². The fraction of sp³-hybridized carbons (Fsp3) is 0.364. The maximum Gasteiger partial charge on any atom is 0.255 e. The molecule has 1 amide bonds. The average Bonchev–Trinajstić information content (AvgIpc) is 3.66. The SMILES string of the molecule is CN1CCN(Cc2cccc(-c3ccc(OC[C@@H]4C[C@H](NC(=O)c5cc(-c6cnn(C)c6)cnc5N)CN4)cc3)c2)CC1. The maximum absolute atomic E-state index is 13.1. The van der Waals surface area contributed by atoms with Gasteiger partial charge < -0.3 is 26.0 Å². The second-order valence-corrected chi connectivity index (χ2v) is 11.7. The summed E-state index contributed by atoms with van der Waals surface area (Å²) < 4.78 is 7.82. The molecule has 4 heterocycles. The molecule has 2 fully saturated rings. The van der Waals surface area contributed by atoms with E-state index in [0.717, 1.165) is 56.0 Å². The average molecular weight is 581 g/mol. The molecule has 2 atom stereocenters. The molecular formula is C33H40N8O2. The summed E-state index contributed by atoms with van der Waals surface area (Å²) >= 11 is 0. The third-order valence-electron chi connectivity index (χ3n) is 8.33. The highest BCUT2D eigenvalue weighted by Gasteiger charge is 2.27. The Morgan fingerprint density at radius 2 is 1.81 bits per heavy atom. The van der Waals surface area contributed by atoms with Gasteiger partial charge in [-0.2, -0.15) is 5.10 Å². The summed E-state index contributed by atoms with van der Waals surface area (Å²) in [7, 11) is 4.04. The van der Waals surface area contributed by atoms with E-state index in [0.29, 0.717) is 18.7 Å². The number of aromatic nitrogens is 3. The molecule has 2 saturated heterocycles. The first kappa shape index (κ1) is 28.9. The van der Waals surface area contributed by atoms with E-state index < -0.39 is 0 Å². The molecular weight excluding hydrogens is 540 g/mol. The molecule has 0 unspecified atom stereocenters. The molecule has 0 radical (unpaired) electrons. The fourth-order valence-electron chi connectivity index (χ4n) is 5.76. The number of amides is 1. The van der Waals surface area contributed by atoms with Gasteiger partial charge in [0.25, 0.3) is 5.91 Å². The monoisotopic (exact) mass is 580 g/mol. The number of carbonyl (C=O) groups is 1. The van der Waals surface area contributed by atoms with Gasteiger partial charge in [-0.15, -0.1) is 0 Å². The number of hydrogen-bond donors (Lipinski definition) is 3. The Morgan fingerprint density at radius 1 is 1.00 bits per heavy atom. The molecule has 0 aliphatic carbocycles. The molecule has 4 aromatic rings. The summed E-state index contributed by atoms with van der Waals surface area (Å²) in [6.45, 7) is 6.65. The lowest BCUT2D eigenvalue weighted by molar-refractivity contribution is 0.0940. The zero-order chi connectivity index (χ0) is 29.8. The normalized spacial score (nSPS) is 19.4. The van der Waals surface area contributed by atoms with Crippen LogP contribution in [0.25, 0.3) is 22.3 Å². The van der Waals surface area contributed by atoms with Crippen molar-refractivity contribution in [2.75, 3.05) is 52.1 Å². The van der Waals surface area contributed by atoms with Crippen LogP contribution in [0.4, 0.5) is 5.82 Å². The van der Waals surface area contributed by atoms with Crippen LogP contribution < -0.4 is 21.1 Å². The Kier molecular flexibility index (Phi) is 8.69. The van der Waals surface area contributed by atoms with Crippen molar-refractivity contribution in [3.63, 3.8) is 0 Å². The van der Waals surface area contributed by atoms with Crippen molar-refractivity contribution in [2.45, 2.75) is 25.0 Å². The molecule has 2 aliphatic heterocycles. The standard InChI is InChI=1S/C33H40N8O2/c1-39-10-12-41(13-11-39)20-23-4-3-5-25(14-23)24-6-8-30(9-7-24)43-22-29-16-28(19-35-29)38-33(42)31-15-26(17-36-32(31)34)27-18-37-40(2)21-27/h3-9,14-15,17-18,21,28-29,35H,10-13,16,19-20,22H2,1-2H3,(H2,34,36)(H,38,42)/t28-,29-/m0/s1. The number of pyridine rings is 1. The number of nitrogen functional groups attached to an aromatic ring is 1. The highest BCUT2D eigenvalue weighted by atomic mass is 16.5. The van der Waals surface area contributed by atoms with Gasteiger partial charge in [0.15, 0.2) is 0 Å². The highest BCUT2D eigenvalue weighted by Crippen LogP contribution is 2.25. The number of nitrogens with two attached hydrogens (primary N) is 1. The molecule has 0 saturated carbocycles. The van der Waals surface area contributed by atoms with Crippen LogP contribution in [0.2, 0.25) is 0 Å². The van der Waals surface area contributed by atoms with Crippen LogP contribution in [0.5, 0.6) is 5.75 Å². The van der Waals surface area contributed by atoms with Gasteiger partial charge in [-0.1, -0.05) is 30.3 Å². The molecule has 10 nitrogen and oxygen atoms in total. The van der Waals surface area contributed by atoms with Gasteiger partial charge in [0, 0.05) is 81.9 Å². The number of carbonyl (C=O) groups excluding carboxylic acids is 1. The Labute approximate surface area is 252 Å². The summed E-state index contributed by atoms with van der Waals surface area (Å²) in [6.07, 6.45) is 6.04. The second-order valence-electron chi connectivity index (χ2n) is 11.7. The lowest BCUT2D eigenvalue weighted by atomic mass is 10.0. The van der Waals surface area contributed by atoms with Gasteiger partial charge in [0.05, 0.1) is 11.8 Å². The number of piperazine rings is 1. The van der Waals surface area contributed by atoms with Gasteiger partial charge in [-0.25, -0.2) is 4.98 Å². The van der Waals surface area contributed by atoms with Crippen LogP contribution in [0.1, 0.15) is 22.3 Å². The minimum atomic E-state index is -0.229. The van der Waals surface area contributed by atoms with E-state index in [4.69, 9.17) is 10.5 Å². The van der Waals surface area contributed by atoms with Crippen molar-refractivity contribution < 1.29 is 9.53 Å². The minimum Gasteiger partial charge on any atom is -0.492 e. The molecule has 224 valence electrons. The van der Waals surface area contributed by atoms with Crippen LogP contribution in [-0.2, 0) is 13.6 Å². The van der Waals surface area contributed by atoms with Gasteiger partial charge in [0.1, 0.15) is 18.2 Å². The second kappa shape index (κ2) is 12.9. The topological polar surface area (TPSA) is 114 Å². The number of aryl methyl sites for hydroxylation is 1. The van der Waals surface area contributed by atoms with Crippen LogP contribution >= 0.6 is 0 Å². The number of rotatable bonds is 9. The summed E-state index contributed by atoms with van der Waals surface area (Å²) in [6, 6.07) is 19.0. The quantitative estimate of drug-likeness (QED) is 0.277. The first-order valence-electron chi connectivity index (χ1n) is 14.9. The molecule has 43 heavy (non-hydrogen) atoms. The van der Waals surface area contributed by atoms with Gasteiger partial charge in [0.2, 0.25) is 0 Å². The largest absolute Gasteiger partial charge is 0.492 e. The number of nitrogens with zero attached hydrogens (tertiary/aromatic N) is 5. The van der Waals surface area contributed by atoms with Crippen LogP contribution in [-0.4, -0.2) is 88.9 Å². The smallest absolute Gasteiger partial charge is 0.255 e. The van der Waals surface area contributed by atoms with Crippen LogP contribution in [0, 0.1) is 0 Å². The zero-order valence-corrected chi connectivity index (χ0v) is 24.9. The predicted octanol–water partition coefficient (Wildman–Crippen LogP) is 3.02. The summed E-state index contributed by atoms with van der Waals surface area (Å²) in [5, 5.41) is 10.8. The third kappa shape index (κ3) is 7.22. The van der Waals surface area contributed by atoms with E-state index in [9.17, 15) is 4.79 Å². The first-order valence-corrected chi connectivity index (χ1v) is 14.9. The Bertz CT molecular complexity index is 1540. The van der Waals surface area contributed by atoms with Crippen molar-refractivity contribution in [1.29, 1.82) is 0 Å². The van der Waals surface area contributed by atoms with Crippen molar-refractivity contribution >= 4 is 11.7 Å². The maximum atomic E-state index is 13.1. The number of anilines is 1. The molecule has 2 aliphatic rings. The molecule has 0 spiro atoms. The predicted molar refractivity (Wildman–Crippen MR) is 169 cm³/mol. The molecule has 4 N–H and O–H groups in total. The zero-order valence-electron chi connectivity index (χ0n) is 24.9. The molecule has 0 bridgehead atoms. The third-order valence-corrected chi connectivity index (χ3v) is 8.33. The minimum absolute atomic E-state index is 0.0250.